The molecule has 3 heteroatoms. The lowest BCUT2D eigenvalue weighted by Crippen LogP contribution is -2.29. The Hall–Kier alpha value is -0.830. The normalized spacial score (nSPS) is 18.3. The Balaban J connectivity index is 2.18. The largest absolute Gasteiger partial charge is 0.299 e. The fourth-order valence-corrected chi connectivity index (χ4v) is 1.48. The van der Waals surface area contributed by atoms with E-state index in [1.165, 1.54) is 11.3 Å². The van der Waals surface area contributed by atoms with Gasteiger partial charge in [-0.2, -0.15) is 5.10 Å². The van der Waals surface area contributed by atoms with Crippen molar-refractivity contribution in [1.82, 2.24) is 15.1 Å². The summed E-state index contributed by atoms with van der Waals surface area (Å²) in [6.45, 7) is 5.48. The lowest BCUT2D eigenvalue weighted by atomic mass is 10.1. The van der Waals surface area contributed by atoms with Gasteiger partial charge in [0.05, 0.1) is 0 Å². The molecule has 1 aliphatic heterocycles. The van der Waals surface area contributed by atoms with Crippen LogP contribution < -0.4 is 0 Å². The van der Waals surface area contributed by atoms with Gasteiger partial charge in [0.25, 0.3) is 0 Å². The number of H-pyrrole nitrogens is 1. The lowest BCUT2D eigenvalue weighted by Gasteiger charge is -2.24. The molecule has 59 valence electrons. The second kappa shape index (κ2) is 2.66. The fraction of sp³-hybridized carbons (Fsp3) is 0.625. The first-order valence-electron chi connectivity index (χ1n) is 4.06. The van der Waals surface area contributed by atoms with Crippen molar-refractivity contribution in [3.8, 4) is 0 Å². The van der Waals surface area contributed by atoms with Crippen LogP contribution in [0.25, 0.3) is 0 Å². The molecule has 1 radical (unpaired) electrons. The van der Waals surface area contributed by atoms with Gasteiger partial charge in [0.15, 0.2) is 0 Å². The van der Waals surface area contributed by atoms with Crippen LogP contribution in [-0.4, -0.2) is 28.2 Å². The van der Waals surface area contributed by atoms with Crippen molar-refractivity contribution in [2.75, 3.05) is 13.1 Å². The highest BCUT2D eigenvalue weighted by Crippen LogP contribution is 2.14. The molecule has 0 bridgehead atoms. The number of nitrogens with zero attached hydrogens (tertiary/aromatic N) is 2. The summed E-state index contributed by atoms with van der Waals surface area (Å²) in [4.78, 5) is 2.40. The molecule has 2 rings (SSSR count). The van der Waals surface area contributed by atoms with Crippen molar-refractivity contribution in [3.05, 3.63) is 17.5 Å². The third-order valence-corrected chi connectivity index (χ3v) is 2.25. The number of rotatable bonds is 1. The van der Waals surface area contributed by atoms with Crippen molar-refractivity contribution in [1.29, 1.82) is 0 Å². The van der Waals surface area contributed by atoms with Crippen molar-refractivity contribution >= 4 is 0 Å². The molecule has 0 aliphatic carbocycles. The SMILES string of the molecule is CCN1CCc2[nH]n[c]c2C1. The van der Waals surface area contributed by atoms with E-state index in [0.29, 0.717) is 0 Å². The van der Waals surface area contributed by atoms with Crippen LogP contribution in [0.3, 0.4) is 0 Å². The van der Waals surface area contributed by atoms with E-state index in [1.807, 2.05) is 0 Å². The van der Waals surface area contributed by atoms with Gasteiger partial charge in [0.1, 0.15) is 6.20 Å². The Bertz CT molecular complexity index is 241. The Labute approximate surface area is 66.4 Å². The summed E-state index contributed by atoms with van der Waals surface area (Å²) in [5, 5.41) is 6.87. The lowest BCUT2D eigenvalue weighted by molar-refractivity contribution is 0.267. The van der Waals surface area contributed by atoms with Gasteiger partial charge in [0, 0.05) is 30.8 Å². The second-order valence-electron chi connectivity index (χ2n) is 2.91. The summed E-state index contributed by atoms with van der Waals surface area (Å²) in [7, 11) is 0. The zero-order valence-electron chi connectivity index (χ0n) is 6.72. The molecule has 2 heterocycles. The minimum absolute atomic E-state index is 1.02. The Morgan fingerprint density at radius 1 is 1.73 bits per heavy atom. The molecule has 0 unspecified atom stereocenters. The van der Waals surface area contributed by atoms with Crippen molar-refractivity contribution in [2.45, 2.75) is 19.9 Å². The molecule has 1 N–H and O–H groups in total. The van der Waals surface area contributed by atoms with Crippen LogP contribution in [0.5, 0.6) is 0 Å². The van der Waals surface area contributed by atoms with E-state index in [2.05, 4.69) is 28.2 Å². The van der Waals surface area contributed by atoms with E-state index in [0.717, 1.165) is 26.1 Å². The fourth-order valence-electron chi connectivity index (χ4n) is 1.48. The molecule has 0 aromatic carbocycles. The molecule has 0 saturated carbocycles. The van der Waals surface area contributed by atoms with Crippen LogP contribution in [0.15, 0.2) is 0 Å². The zero-order chi connectivity index (χ0) is 7.68. The Kier molecular flexibility index (Phi) is 1.66. The summed E-state index contributed by atoms with van der Waals surface area (Å²) in [5.74, 6) is 0. The van der Waals surface area contributed by atoms with Crippen LogP contribution in [0.1, 0.15) is 18.2 Å². The third kappa shape index (κ3) is 1.16. The summed E-state index contributed by atoms with van der Waals surface area (Å²) in [6.07, 6.45) is 4.07. The molecular formula is C8H12N3. The third-order valence-electron chi connectivity index (χ3n) is 2.25. The molecule has 3 nitrogen and oxygen atoms in total. The molecule has 0 saturated heterocycles. The minimum Gasteiger partial charge on any atom is -0.299 e. The van der Waals surface area contributed by atoms with E-state index >= 15 is 0 Å². The van der Waals surface area contributed by atoms with Crippen molar-refractivity contribution < 1.29 is 0 Å². The number of hydrogen-bond donors (Lipinski definition) is 1. The van der Waals surface area contributed by atoms with E-state index in [9.17, 15) is 0 Å². The van der Waals surface area contributed by atoms with E-state index < -0.39 is 0 Å². The van der Waals surface area contributed by atoms with Crippen molar-refractivity contribution in [2.24, 2.45) is 0 Å². The van der Waals surface area contributed by atoms with E-state index in [4.69, 9.17) is 0 Å². The number of hydrogen-bond acceptors (Lipinski definition) is 2. The number of likely N-dealkylation sites (N-methyl/N-ethyl adjacent to an activating group) is 1. The predicted octanol–water partition coefficient (Wildman–Crippen LogP) is 0.588. The average molecular weight is 150 g/mol. The van der Waals surface area contributed by atoms with Gasteiger partial charge in [-0.25, -0.2) is 0 Å². The van der Waals surface area contributed by atoms with Gasteiger partial charge >= 0.3 is 0 Å². The quantitative estimate of drug-likeness (QED) is 0.635. The van der Waals surface area contributed by atoms with Crippen LogP contribution in [-0.2, 0) is 13.0 Å². The van der Waals surface area contributed by atoms with Gasteiger partial charge in [-0.1, -0.05) is 6.92 Å². The minimum atomic E-state index is 1.02. The number of nitrogens with one attached hydrogen (secondary N) is 1. The molecule has 1 aromatic heterocycles. The zero-order valence-corrected chi connectivity index (χ0v) is 6.72. The highest BCUT2D eigenvalue weighted by atomic mass is 15.2. The van der Waals surface area contributed by atoms with Gasteiger partial charge in [-0.15, -0.1) is 0 Å². The maximum Gasteiger partial charge on any atom is 0.117 e. The highest BCUT2D eigenvalue weighted by Gasteiger charge is 2.15. The van der Waals surface area contributed by atoms with Gasteiger partial charge < -0.3 is 0 Å². The molecule has 0 spiro atoms. The topological polar surface area (TPSA) is 31.9 Å². The molecule has 1 aromatic rings. The first-order chi connectivity index (χ1) is 5.40. The monoisotopic (exact) mass is 150 g/mol. The summed E-state index contributed by atoms with van der Waals surface area (Å²) in [5.41, 5.74) is 2.52. The van der Waals surface area contributed by atoms with Crippen LogP contribution in [0.2, 0.25) is 0 Å². The highest BCUT2D eigenvalue weighted by molar-refractivity contribution is 5.17. The number of aromatic amines is 1. The number of fused-ring (bicyclic) bond motifs is 1. The van der Waals surface area contributed by atoms with Crippen LogP contribution >= 0.6 is 0 Å². The standard InChI is InChI=1S/C8H12N3/c1-2-11-4-3-8-7(6-11)5-9-10-8/h2-4,6H2,1H3,(H,9,10). The van der Waals surface area contributed by atoms with Crippen molar-refractivity contribution in [3.63, 3.8) is 0 Å². The van der Waals surface area contributed by atoms with Crippen LogP contribution in [0, 0.1) is 6.20 Å². The summed E-state index contributed by atoms with van der Waals surface area (Å²) >= 11 is 0. The Morgan fingerprint density at radius 3 is 3.45 bits per heavy atom. The smallest absolute Gasteiger partial charge is 0.117 e. The number of aromatic nitrogens is 2. The second-order valence-corrected chi connectivity index (χ2v) is 2.91. The van der Waals surface area contributed by atoms with Gasteiger partial charge in [-0.3, -0.25) is 10.00 Å². The van der Waals surface area contributed by atoms with Gasteiger partial charge in [-0.05, 0) is 6.54 Å². The van der Waals surface area contributed by atoms with Crippen LogP contribution in [0.4, 0.5) is 0 Å². The predicted molar refractivity (Wildman–Crippen MR) is 42.1 cm³/mol. The first-order valence-corrected chi connectivity index (χ1v) is 4.06. The van der Waals surface area contributed by atoms with Gasteiger partial charge in [0.2, 0.25) is 0 Å². The molecule has 0 atom stereocenters. The molecule has 0 amide bonds. The molecule has 1 aliphatic rings. The molecule has 0 fully saturated rings. The van der Waals surface area contributed by atoms with E-state index in [-0.39, 0.29) is 0 Å². The summed E-state index contributed by atoms with van der Waals surface area (Å²) < 4.78 is 0. The molecule has 11 heavy (non-hydrogen) atoms. The Morgan fingerprint density at radius 2 is 2.64 bits per heavy atom. The summed E-state index contributed by atoms with van der Waals surface area (Å²) in [6, 6.07) is 0. The average Bonchev–Trinajstić information content (AvgIpc) is 2.50. The maximum atomic E-state index is 3.90. The molecular weight excluding hydrogens is 138 g/mol. The maximum absolute atomic E-state index is 3.90. The first kappa shape index (κ1) is 6.85. The van der Waals surface area contributed by atoms with E-state index in [1.54, 1.807) is 0 Å².